The molecule has 0 spiro atoms. The number of aromatic nitrogens is 1. The molecule has 0 unspecified atom stereocenters. The van der Waals surface area contributed by atoms with Crippen molar-refractivity contribution in [3.63, 3.8) is 0 Å². The fraction of sp³-hybridized carbons (Fsp3) is 0.308. The molecule has 0 radical (unpaired) electrons. The maximum absolute atomic E-state index is 10.8. The highest BCUT2D eigenvalue weighted by Crippen LogP contribution is 2.26. The SMILES string of the molecule is CC(C)(C)c1ccc2cc(C(=O)O)[nH]c2c1. The number of hydrogen-bond donors (Lipinski definition) is 2. The smallest absolute Gasteiger partial charge is 0.352 e. The summed E-state index contributed by atoms with van der Waals surface area (Å²) < 4.78 is 0. The van der Waals surface area contributed by atoms with E-state index < -0.39 is 5.97 Å². The molecule has 0 aliphatic rings. The summed E-state index contributed by atoms with van der Waals surface area (Å²) >= 11 is 0. The molecular formula is C13H15NO2. The van der Waals surface area contributed by atoms with E-state index in [2.05, 4.69) is 25.8 Å². The van der Waals surface area contributed by atoms with Gasteiger partial charge in [-0.25, -0.2) is 4.79 Å². The number of carboxylic acid groups (broad SMARTS) is 1. The first-order valence-electron chi connectivity index (χ1n) is 5.24. The van der Waals surface area contributed by atoms with Gasteiger partial charge in [0.2, 0.25) is 0 Å². The van der Waals surface area contributed by atoms with E-state index in [1.165, 1.54) is 5.56 Å². The number of carbonyl (C=O) groups is 1. The van der Waals surface area contributed by atoms with E-state index in [9.17, 15) is 4.79 Å². The van der Waals surface area contributed by atoms with Crippen LogP contribution in [-0.2, 0) is 5.41 Å². The first-order valence-corrected chi connectivity index (χ1v) is 5.24. The highest BCUT2D eigenvalue weighted by molar-refractivity contribution is 5.93. The van der Waals surface area contributed by atoms with Gasteiger partial charge in [0.05, 0.1) is 0 Å². The monoisotopic (exact) mass is 217 g/mol. The number of fused-ring (bicyclic) bond motifs is 1. The summed E-state index contributed by atoms with van der Waals surface area (Å²) in [5.41, 5.74) is 2.38. The summed E-state index contributed by atoms with van der Waals surface area (Å²) in [7, 11) is 0. The van der Waals surface area contributed by atoms with Gasteiger partial charge in [0.25, 0.3) is 0 Å². The molecule has 0 saturated heterocycles. The van der Waals surface area contributed by atoms with Gasteiger partial charge < -0.3 is 10.1 Å². The van der Waals surface area contributed by atoms with Gasteiger partial charge in [-0.1, -0.05) is 32.9 Å². The number of aromatic carboxylic acids is 1. The highest BCUT2D eigenvalue weighted by atomic mass is 16.4. The van der Waals surface area contributed by atoms with Gasteiger partial charge in [-0.15, -0.1) is 0 Å². The average Bonchev–Trinajstić information content (AvgIpc) is 2.58. The van der Waals surface area contributed by atoms with Gasteiger partial charge in [-0.3, -0.25) is 0 Å². The number of H-pyrrole nitrogens is 1. The number of carboxylic acids is 1. The zero-order chi connectivity index (χ0) is 11.9. The van der Waals surface area contributed by atoms with Crippen LogP contribution in [0.25, 0.3) is 10.9 Å². The minimum Gasteiger partial charge on any atom is -0.477 e. The van der Waals surface area contributed by atoms with E-state index in [1.807, 2.05) is 18.2 Å². The Morgan fingerprint density at radius 3 is 2.50 bits per heavy atom. The molecule has 0 saturated carbocycles. The Bertz CT molecular complexity index is 547. The summed E-state index contributed by atoms with van der Waals surface area (Å²) in [5.74, 6) is -0.923. The Labute approximate surface area is 94.1 Å². The first-order chi connectivity index (χ1) is 7.38. The zero-order valence-electron chi connectivity index (χ0n) is 9.66. The van der Waals surface area contributed by atoms with Crippen molar-refractivity contribution >= 4 is 16.9 Å². The van der Waals surface area contributed by atoms with E-state index >= 15 is 0 Å². The van der Waals surface area contributed by atoms with Crippen LogP contribution in [0.5, 0.6) is 0 Å². The molecule has 2 N–H and O–H groups in total. The lowest BCUT2D eigenvalue weighted by Gasteiger charge is -2.18. The Kier molecular flexibility index (Phi) is 2.26. The summed E-state index contributed by atoms with van der Waals surface area (Å²) in [4.78, 5) is 13.7. The van der Waals surface area contributed by atoms with Crippen LogP contribution in [0.4, 0.5) is 0 Å². The maximum atomic E-state index is 10.8. The number of nitrogens with one attached hydrogen (secondary N) is 1. The molecule has 0 bridgehead atoms. The maximum Gasteiger partial charge on any atom is 0.352 e. The van der Waals surface area contributed by atoms with Crippen molar-refractivity contribution in [3.05, 3.63) is 35.5 Å². The number of hydrogen-bond acceptors (Lipinski definition) is 1. The minimum atomic E-state index is -0.923. The van der Waals surface area contributed by atoms with Gasteiger partial charge in [0, 0.05) is 10.9 Å². The predicted octanol–water partition coefficient (Wildman–Crippen LogP) is 3.16. The van der Waals surface area contributed by atoms with Crippen LogP contribution in [0.3, 0.4) is 0 Å². The highest BCUT2D eigenvalue weighted by Gasteiger charge is 2.15. The minimum absolute atomic E-state index is 0.0721. The van der Waals surface area contributed by atoms with Crippen LogP contribution in [0.2, 0.25) is 0 Å². The second-order valence-corrected chi connectivity index (χ2v) is 5.04. The summed E-state index contributed by atoms with van der Waals surface area (Å²) in [5, 5.41) is 9.82. The molecule has 1 heterocycles. The average molecular weight is 217 g/mol. The molecule has 0 fully saturated rings. The fourth-order valence-electron chi connectivity index (χ4n) is 1.71. The third-order valence-electron chi connectivity index (χ3n) is 2.72. The van der Waals surface area contributed by atoms with Gasteiger partial charge in [-0.05, 0) is 23.1 Å². The molecule has 1 aromatic carbocycles. The lowest BCUT2D eigenvalue weighted by Crippen LogP contribution is -2.10. The predicted molar refractivity (Wildman–Crippen MR) is 64.0 cm³/mol. The van der Waals surface area contributed by atoms with E-state index in [0.29, 0.717) is 0 Å². The Hall–Kier alpha value is -1.77. The van der Waals surface area contributed by atoms with E-state index in [4.69, 9.17) is 5.11 Å². The van der Waals surface area contributed by atoms with Crippen molar-refractivity contribution in [1.82, 2.24) is 4.98 Å². The second kappa shape index (κ2) is 3.37. The van der Waals surface area contributed by atoms with Gasteiger partial charge in [-0.2, -0.15) is 0 Å². The van der Waals surface area contributed by atoms with Crippen molar-refractivity contribution < 1.29 is 9.90 Å². The third-order valence-corrected chi connectivity index (χ3v) is 2.72. The molecule has 0 aliphatic heterocycles. The molecule has 2 rings (SSSR count). The topological polar surface area (TPSA) is 53.1 Å². The first kappa shape index (κ1) is 10.7. The molecule has 0 atom stereocenters. The van der Waals surface area contributed by atoms with Crippen molar-refractivity contribution in [2.75, 3.05) is 0 Å². The van der Waals surface area contributed by atoms with Crippen molar-refractivity contribution in [2.24, 2.45) is 0 Å². The van der Waals surface area contributed by atoms with Crippen LogP contribution in [0, 0.1) is 0 Å². The van der Waals surface area contributed by atoms with Crippen molar-refractivity contribution in [1.29, 1.82) is 0 Å². The molecule has 2 aromatic rings. The van der Waals surface area contributed by atoms with Gasteiger partial charge >= 0.3 is 5.97 Å². The van der Waals surface area contributed by atoms with Crippen LogP contribution < -0.4 is 0 Å². The quantitative estimate of drug-likeness (QED) is 0.770. The number of rotatable bonds is 1. The third kappa shape index (κ3) is 1.81. The number of benzene rings is 1. The largest absolute Gasteiger partial charge is 0.477 e. The van der Waals surface area contributed by atoms with Crippen LogP contribution in [0.1, 0.15) is 36.8 Å². The Morgan fingerprint density at radius 1 is 1.25 bits per heavy atom. The van der Waals surface area contributed by atoms with Crippen LogP contribution in [0.15, 0.2) is 24.3 Å². The molecule has 16 heavy (non-hydrogen) atoms. The van der Waals surface area contributed by atoms with E-state index in [0.717, 1.165) is 10.9 Å². The van der Waals surface area contributed by atoms with Crippen LogP contribution in [-0.4, -0.2) is 16.1 Å². The molecule has 1 aromatic heterocycles. The fourth-order valence-corrected chi connectivity index (χ4v) is 1.71. The van der Waals surface area contributed by atoms with E-state index in [-0.39, 0.29) is 11.1 Å². The molecule has 84 valence electrons. The normalized spacial score (nSPS) is 11.9. The molecule has 0 aliphatic carbocycles. The Balaban J connectivity index is 2.58. The lowest BCUT2D eigenvalue weighted by molar-refractivity contribution is 0.0691. The van der Waals surface area contributed by atoms with Crippen molar-refractivity contribution in [2.45, 2.75) is 26.2 Å². The standard InChI is InChI=1S/C13H15NO2/c1-13(2,3)9-5-4-8-6-11(12(15)16)14-10(8)7-9/h4-7,14H,1-3H3,(H,15,16). The molecule has 3 nitrogen and oxygen atoms in total. The van der Waals surface area contributed by atoms with Crippen molar-refractivity contribution in [3.8, 4) is 0 Å². The summed E-state index contributed by atoms with van der Waals surface area (Å²) in [6, 6.07) is 7.67. The molecular weight excluding hydrogens is 202 g/mol. The van der Waals surface area contributed by atoms with Crippen LogP contribution >= 0.6 is 0 Å². The lowest BCUT2D eigenvalue weighted by atomic mass is 9.87. The molecule has 3 heteroatoms. The second-order valence-electron chi connectivity index (χ2n) is 5.04. The Morgan fingerprint density at radius 2 is 1.94 bits per heavy atom. The number of aromatic amines is 1. The molecule has 0 amide bonds. The zero-order valence-corrected chi connectivity index (χ0v) is 9.66. The van der Waals surface area contributed by atoms with Gasteiger partial charge in [0.15, 0.2) is 0 Å². The van der Waals surface area contributed by atoms with Gasteiger partial charge in [0.1, 0.15) is 5.69 Å². The summed E-state index contributed by atoms with van der Waals surface area (Å²) in [6.45, 7) is 6.40. The van der Waals surface area contributed by atoms with E-state index in [1.54, 1.807) is 6.07 Å². The summed E-state index contributed by atoms with van der Waals surface area (Å²) in [6.07, 6.45) is 0.